The molecule has 1 atom stereocenters. The summed E-state index contributed by atoms with van der Waals surface area (Å²) >= 11 is 0. The zero-order valence-electron chi connectivity index (χ0n) is 11.8. The van der Waals surface area contributed by atoms with Crippen LogP contribution in [-0.4, -0.2) is 23.9 Å². The molecule has 2 aliphatic rings. The average molecular weight is 251 g/mol. The zero-order chi connectivity index (χ0) is 13.4. The molecule has 102 valence electrons. The molecule has 1 unspecified atom stereocenters. The molecule has 1 aliphatic heterocycles. The van der Waals surface area contributed by atoms with Gasteiger partial charge in [0.1, 0.15) is 5.41 Å². The first-order valence-electron chi connectivity index (χ1n) is 7.04. The molecule has 1 aliphatic carbocycles. The van der Waals surface area contributed by atoms with Crippen molar-refractivity contribution in [1.29, 1.82) is 5.26 Å². The lowest BCUT2D eigenvalue weighted by molar-refractivity contribution is -0.1000. The molecule has 0 aromatic rings. The summed E-state index contributed by atoms with van der Waals surface area (Å²) in [6, 6.07) is 2.37. The van der Waals surface area contributed by atoms with Gasteiger partial charge in [-0.1, -0.05) is 20.8 Å². The highest BCUT2D eigenvalue weighted by Crippen LogP contribution is 2.50. The Hall–Kier alpha value is -0.590. The van der Waals surface area contributed by atoms with Crippen LogP contribution in [0.1, 0.15) is 52.9 Å². The maximum Gasteiger partial charge on any atom is 0.111 e. The normalized spacial score (nSPS) is 41.6. The van der Waals surface area contributed by atoms with E-state index in [2.05, 4.69) is 26.8 Å². The van der Waals surface area contributed by atoms with Gasteiger partial charge < -0.3 is 9.84 Å². The number of ether oxygens (including phenoxy) is 1. The van der Waals surface area contributed by atoms with Gasteiger partial charge >= 0.3 is 0 Å². The molecule has 0 aromatic heterocycles. The van der Waals surface area contributed by atoms with Crippen molar-refractivity contribution in [3.8, 4) is 6.07 Å². The van der Waals surface area contributed by atoms with Crippen molar-refractivity contribution in [2.75, 3.05) is 13.2 Å². The van der Waals surface area contributed by atoms with E-state index in [1.54, 1.807) is 0 Å². The molecule has 3 nitrogen and oxygen atoms in total. The standard InChI is InChI=1S/C15H25NO2/c1-13(2,3)12-4-6-15(17,7-5-12)14(10-16)8-9-18-11-14/h12,17H,4-9,11H2,1-3H3. The summed E-state index contributed by atoms with van der Waals surface area (Å²) in [6.45, 7) is 7.81. The molecule has 1 saturated heterocycles. The van der Waals surface area contributed by atoms with Gasteiger partial charge in [-0.2, -0.15) is 5.26 Å². The Morgan fingerprint density at radius 2 is 1.83 bits per heavy atom. The minimum atomic E-state index is -0.833. The van der Waals surface area contributed by atoms with E-state index >= 15 is 0 Å². The van der Waals surface area contributed by atoms with Crippen LogP contribution in [0.5, 0.6) is 0 Å². The van der Waals surface area contributed by atoms with Crippen LogP contribution in [0.3, 0.4) is 0 Å². The molecule has 0 radical (unpaired) electrons. The van der Waals surface area contributed by atoms with Crippen molar-refractivity contribution in [3.05, 3.63) is 0 Å². The van der Waals surface area contributed by atoms with Crippen LogP contribution in [-0.2, 0) is 4.74 Å². The van der Waals surface area contributed by atoms with Crippen LogP contribution in [0, 0.1) is 28.1 Å². The summed E-state index contributed by atoms with van der Waals surface area (Å²) in [7, 11) is 0. The Labute approximate surface area is 110 Å². The van der Waals surface area contributed by atoms with Crippen molar-refractivity contribution in [1.82, 2.24) is 0 Å². The Balaban J connectivity index is 2.10. The predicted octanol–water partition coefficient (Wildman–Crippen LogP) is 2.88. The van der Waals surface area contributed by atoms with Crippen molar-refractivity contribution in [2.45, 2.75) is 58.5 Å². The van der Waals surface area contributed by atoms with Gasteiger partial charge in [0.2, 0.25) is 0 Å². The van der Waals surface area contributed by atoms with Gasteiger partial charge in [-0.3, -0.25) is 0 Å². The minimum absolute atomic E-state index is 0.299. The fraction of sp³-hybridized carbons (Fsp3) is 0.933. The minimum Gasteiger partial charge on any atom is -0.388 e. The molecule has 3 heteroatoms. The summed E-state index contributed by atoms with van der Waals surface area (Å²) in [4.78, 5) is 0. The van der Waals surface area contributed by atoms with Crippen LogP contribution in [0.25, 0.3) is 0 Å². The van der Waals surface area contributed by atoms with Crippen LogP contribution in [0.4, 0.5) is 0 Å². The topological polar surface area (TPSA) is 53.2 Å². The number of nitrogens with zero attached hydrogens (tertiary/aromatic N) is 1. The molecule has 0 bridgehead atoms. The van der Waals surface area contributed by atoms with Crippen LogP contribution in [0.2, 0.25) is 0 Å². The van der Waals surface area contributed by atoms with E-state index in [0.29, 0.717) is 31.0 Å². The number of hydrogen-bond donors (Lipinski definition) is 1. The molecular formula is C15H25NO2. The predicted molar refractivity (Wildman–Crippen MR) is 69.8 cm³/mol. The average Bonchev–Trinajstić information content (AvgIpc) is 2.78. The third-order valence-corrected chi connectivity index (χ3v) is 5.16. The van der Waals surface area contributed by atoms with Gasteiger partial charge in [-0.15, -0.1) is 0 Å². The SMILES string of the molecule is CC(C)(C)C1CCC(O)(C2(C#N)CCOC2)CC1. The summed E-state index contributed by atoms with van der Waals surface area (Å²) in [5.41, 5.74) is -1.19. The van der Waals surface area contributed by atoms with Gasteiger partial charge in [-0.25, -0.2) is 0 Å². The zero-order valence-corrected chi connectivity index (χ0v) is 11.8. The third kappa shape index (κ3) is 2.17. The fourth-order valence-electron chi connectivity index (χ4n) is 3.56. The van der Waals surface area contributed by atoms with E-state index in [-0.39, 0.29) is 0 Å². The maximum absolute atomic E-state index is 10.9. The van der Waals surface area contributed by atoms with E-state index in [0.717, 1.165) is 25.7 Å². The second kappa shape index (κ2) is 4.51. The van der Waals surface area contributed by atoms with Gasteiger partial charge in [0.15, 0.2) is 0 Å². The summed E-state index contributed by atoms with van der Waals surface area (Å²) < 4.78 is 5.38. The smallest absolute Gasteiger partial charge is 0.111 e. The second-order valence-corrected chi connectivity index (χ2v) is 7.17. The Morgan fingerprint density at radius 3 is 2.22 bits per heavy atom. The molecule has 0 amide bonds. The van der Waals surface area contributed by atoms with Crippen molar-refractivity contribution >= 4 is 0 Å². The molecule has 1 N–H and O–H groups in total. The largest absolute Gasteiger partial charge is 0.388 e. The number of nitriles is 1. The van der Waals surface area contributed by atoms with Gasteiger partial charge in [-0.05, 0) is 43.4 Å². The van der Waals surface area contributed by atoms with Crippen LogP contribution in [0.15, 0.2) is 0 Å². The first-order chi connectivity index (χ1) is 8.33. The van der Waals surface area contributed by atoms with E-state index in [9.17, 15) is 10.4 Å². The molecule has 1 heterocycles. The highest BCUT2D eigenvalue weighted by molar-refractivity contribution is 5.14. The molecule has 2 rings (SSSR count). The lowest BCUT2D eigenvalue weighted by atomic mass is 9.60. The Kier molecular flexibility index (Phi) is 3.46. The van der Waals surface area contributed by atoms with Crippen molar-refractivity contribution in [3.63, 3.8) is 0 Å². The number of rotatable bonds is 1. The van der Waals surface area contributed by atoms with Gasteiger partial charge in [0.05, 0.1) is 18.3 Å². The Bertz CT molecular complexity index is 336. The highest BCUT2D eigenvalue weighted by Gasteiger charge is 2.54. The first-order valence-corrected chi connectivity index (χ1v) is 7.04. The van der Waals surface area contributed by atoms with Gasteiger partial charge in [0.25, 0.3) is 0 Å². The molecule has 0 spiro atoms. The van der Waals surface area contributed by atoms with Crippen molar-refractivity contribution < 1.29 is 9.84 Å². The maximum atomic E-state index is 10.9. The van der Waals surface area contributed by atoms with E-state index in [4.69, 9.17) is 4.74 Å². The van der Waals surface area contributed by atoms with E-state index in [1.165, 1.54) is 0 Å². The summed E-state index contributed by atoms with van der Waals surface area (Å²) in [6.07, 6.45) is 4.20. The Morgan fingerprint density at radius 1 is 1.22 bits per heavy atom. The van der Waals surface area contributed by atoms with E-state index < -0.39 is 11.0 Å². The van der Waals surface area contributed by atoms with E-state index in [1.807, 2.05) is 0 Å². The molecule has 1 saturated carbocycles. The fourth-order valence-corrected chi connectivity index (χ4v) is 3.56. The number of hydrogen-bond acceptors (Lipinski definition) is 3. The second-order valence-electron chi connectivity index (χ2n) is 7.17. The molecule has 18 heavy (non-hydrogen) atoms. The third-order valence-electron chi connectivity index (χ3n) is 5.16. The first kappa shape index (κ1) is 13.8. The number of aliphatic hydroxyl groups is 1. The monoisotopic (exact) mass is 251 g/mol. The summed E-state index contributed by atoms with van der Waals surface area (Å²) in [5, 5.41) is 20.4. The quantitative estimate of drug-likeness (QED) is 0.779. The van der Waals surface area contributed by atoms with Crippen LogP contribution < -0.4 is 0 Å². The molecule has 0 aromatic carbocycles. The van der Waals surface area contributed by atoms with Gasteiger partial charge in [0, 0.05) is 6.61 Å². The lowest BCUT2D eigenvalue weighted by Gasteiger charge is -2.46. The summed E-state index contributed by atoms with van der Waals surface area (Å²) in [5.74, 6) is 0.649. The van der Waals surface area contributed by atoms with Crippen LogP contribution >= 0.6 is 0 Å². The molecular weight excluding hydrogens is 226 g/mol. The molecule has 2 fully saturated rings. The highest BCUT2D eigenvalue weighted by atomic mass is 16.5. The van der Waals surface area contributed by atoms with Crippen molar-refractivity contribution in [2.24, 2.45) is 16.7 Å². The lowest BCUT2D eigenvalue weighted by Crippen LogP contribution is -2.51.